The largest absolute Gasteiger partial charge is 0.461 e. The van der Waals surface area contributed by atoms with E-state index in [9.17, 15) is 9.59 Å². The molecular formula is C15H20N2O3. The van der Waals surface area contributed by atoms with Gasteiger partial charge in [-0.3, -0.25) is 9.59 Å². The highest BCUT2D eigenvalue weighted by molar-refractivity contribution is 5.91. The van der Waals surface area contributed by atoms with E-state index in [4.69, 9.17) is 4.42 Å². The van der Waals surface area contributed by atoms with Crippen LogP contribution in [-0.2, 0) is 9.59 Å². The summed E-state index contributed by atoms with van der Waals surface area (Å²) in [6.07, 6.45) is 4.52. The second-order valence-electron chi connectivity index (χ2n) is 5.11. The molecule has 1 fully saturated rings. The van der Waals surface area contributed by atoms with Crippen LogP contribution in [0, 0.1) is 5.92 Å². The Hall–Kier alpha value is -2.04. The zero-order valence-corrected chi connectivity index (χ0v) is 11.8. The number of rotatable bonds is 6. The Morgan fingerprint density at radius 2 is 2.20 bits per heavy atom. The van der Waals surface area contributed by atoms with Crippen molar-refractivity contribution in [3.8, 4) is 0 Å². The number of carbonyl (C=O) groups excluding carboxylic acids is 2. The van der Waals surface area contributed by atoms with Gasteiger partial charge in [0.1, 0.15) is 11.5 Å². The van der Waals surface area contributed by atoms with E-state index < -0.39 is 0 Å². The maximum Gasteiger partial charge on any atom is 0.244 e. The number of amides is 2. The summed E-state index contributed by atoms with van der Waals surface area (Å²) >= 11 is 0. The first-order chi connectivity index (χ1) is 9.60. The van der Waals surface area contributed by atoms with Gasteiger partial charge >= 0.3 is 0 Å². The topological polar surface area (TPSA) is 71.3 Å². The minimum Gasteiger partial charge on any atom is -0.461 e. The number of carbonyl (C=O) groups is 2. The molecule has 0 aromatic carbocycles. The highest BCUT2D eigenvalue weighted by atomic mass is 16.3. The molecule has 1 aliphatic rings. The lowest BCUT2D eigenvalue weighted by Crippen LogP contribution is -2.27. The predicted octanol–water partition coefficient (Wildman–Crippen LogP) is 1.67. The van der Waals surface area contributed by atoms with Crippen molar-refractivity contribution >= 4 is 17.9 Å². The normalized spacial score (nSPS) is 20.9. The van der Waals surface area contributed by atoms with Crippen molar-refractivity contribution in [3.63, 3.8) is 0 Å². The van der Waals surface area contributed by atoms with Crippen molar-refractivity contribution in [3.05, 3.63) is 29.7 Å². The zero-order chi connectivity index (χ0) is 14.5. The van der Waals surface area contributed by atoms with Gasteiger partial charge in [-0.05, 0) is 30.5 Å². The third kappa shape index (κ3) is 3.98. The van der Waals surface area contributed by atoms with Gasteiger partial charge in [0.15, 0.2) is 0 Å². The summed E-state index contributed by atoms with van der Waals surface area (Å²) < 4.78 is 5.66. The Balaban J connectivity index is 1.75. The quantitative estimate of drug-likeness (QED) is 0.776. The van der Waals surface area contributed by atoms with E-state index in [0.29, 0.717) is 24.1 Å². The fraction of sp³-hybridized carbons (Fsp3) is 0.467. The van der Waals surface area contributed by atoms with Crippen molar-refractivity contribution in [2.45, 2.75) is 25.7 Å². The van der Waals surface area contributed by atoms with Crippen LogP contribution in [0.2, 0.25) is 0 Å². The van der Waals surface area contributed by atoms with Crippen LogP contribution in [0.25, 0.3) is 6.08 Å². The highest BCUT2D eigenvalue weighted by Crippen LogP contribution is 2.47. The van der Waals surface area contributed by atoms with Crippen molar-refractivity contribution in [1.82, 2.24) is 10.6 Å². The number of furan rings is 1. The van der Waals surface area contributed by atoms with Gasteiger partial charge < -0.3 is 15.1 Å². The lowest BCUT2D eigenvalue weighted by atomic mass is 10.3. The predicted molar refractivity (Wildman–Crippen MR) is 76.0 cm³/mol. The molecule has 108 valence electrons. The van der Waals surface area contributed by atoms with E-state index in [1.54, 1.807) is 13.1 Å². The number of nitrogens with one attached hydrogen (secondary N) is 2. The molecule has 1 saturated carbocycles. The van der Waals surface area contributed by atoms with Crippen LogP contribution in [-0.4, -0.2) is 25.4 Å². The third-order valence-corrected chi connectivity index (χ3v) is 3.45. The minimum absolute atomic E-state index is 0.0940. The molecule has 0 radical (unpaired) electrons. The molecule has 0 saturated heterocycles. The Bertz CT molecular complexity index is 519. The Morgan fingerprint density at radius 3 is 2.85 bits per heavy atom. The lowest BCUT2D eigenvalue weighted by Gasteiger charge is -2.00. The SMILES string of the molecule is CNC(=O)CCNC(=O)/C=C/c1ccc([C@@H]2C[C@@H]2C)o1. The summed E-state index contributed by atoms with van der Waals surface area (Å²) in [5, 5.41) is 5.13. The van der Waals surface area contributed by atoms with Crippen LogP contribution >= 0.6 is 0 Å². The second kappa shape index (κ2) is 6.41. The highest BCUT2D eigenvalue weighted by Gasteiger charge is 2.36. The van der Waals surface area contributed by atoms with E-state index in [1.807, 2.05) is 12.1 Å². The average molecular weight is 276 g/mol. The second-order valence-corrected chi connectivity index (χ2v) is 5.11. The van der Waals surface area contributed by atoms with Gasteiger partial charge in [0.2, 0.25) is 11.8 Å². The van der Waals surface area contributed by atoms with Gasteiger partial charge in [0.05, 0.1) is 0 Å². The maximum atomic E-state index is 11.5. The molecule has 1 aromatic rings. The Morgan fingerprint density at radius 1 is 1.45 bits per heavy atom. The lowest BCUT2D eigenvalue weighted by molar-refractivity contribution is -0.120. The summed E-state index contributed by atoms with van der Waals surface area (Å²) in [6, 6.07) is 3.84. The molecule has 20 heavy (non-hydrogen) atoms. The van der Waals surface area contributed by atoms with Gasteiger partial charge in [0, 0.05) is 32.0 Å². The fourth-order valence-corrected chi connectivity index (χ4v) is 2.02. The summed E-state index contributed by atoms with van der Waals surface area (Å²) in [7, 11) is 1.57. The standard InChI is InChI=1S/C15H20N2O3/c1-10-9-12(10)13-5-3-11(20-13)4-6-15(19)17-8-7-14(18)16-2/h3-6,10,12H,7-9H2,1-2H3,(H,16,18)(H,17,19)/b6-4+/t10-,12+/m0/s1. The molecule has 1 heterocycles. The van der Waals surface area contributed by atoms with E-state index in [2.05, 4.69) is 17.6 Å². The molecule has 0 spiro atoms. The monoisotopic (exact) mass is 276 g/mol. The molecule has 2 N–H and O–H groups in total. The van der Waals surface area contributed by atoms with Crippen LogP contribution in [0.5, 0.6) is 0 Å². The number of hydrogen-bond acceptors (Lipinski definition) is 3. The summed E-state index contributed by atoms with van der Waals surface area (Å²) in [6.45, 7) is 2.52. The van der Waals surface area contributed by atoms with Crippen LogP contribution < -0.4 is 10.6 Å². The van der Waals surface area contributed by atoms with Gasteiger partial charge in [-0.15, -0.1) is 0 Å². The molecule has 5 heteroatoms. The molecule has 2 rings (SSSR count). The van der Waals surface area contributed by atoms with E-state index >= 15 is 0 Å². The van der Waals surface area contributed by atoms with Crippen molar-refractivity contribution in [2.24, 2.45) is 5.92 Å². The summed E-state index contributed by atoms with van der Waals surface area (Å²) in [5.74, 6) is 2.59. The molecular weight excluding hydrogens is 256 g/mol. The van der Waals surface area contributed by atoms with E-state index in [-0.39, 0.29) is 18.2 Å². The summed E-state index contributed by atoms with van der Waals surface area (Å²) in [5.41, 5.74) is 0. The number of hydrogen-bond donors (Lipinski definition) is 2. The van der Waals surface area contributed by atoms with Gasteiger partial charge in [0.25, 0.3) is 0 Å². The van der Waals surface area contributed by atoms with Crippen LogP contribution in [0.4, 0.5) is 0 Å². The molecule has 2 atom stereocenters. The van der Waals surface area contributed by atoms with Gasteiger partial charge in [-0.25, -0.2) is 0 Å². The smallest absolute Gasteiger partial charge is 0.244 e. The fourth-order valence-electron chi connectivity index (χ4n) is 2.02. The minimum atomic E-state index is -0.230. The molecule has 0 unspecified atom stereocenters. The van der Waals surface area contributed by atoms with Gasteiger partial charge in [-0.1, -0.05) is 6.92 Å². The molecule has 1 aliphatic carbocycles. The van der Waals surface area contributed by atoms with Gasteiger partial charge in [-0.2, -0.15) is 0 Å². The molecule has 0 bridgehead atoms. The first-order valence-corrected chi connectivity index (χ1v) is 6.86. The zero-order valence-electron chi connectivity index (χ0n) is 11.8. The maximum absolute atomic E-state index is 11.5. The van der Waals surface area contributed by atoms with Crippen molar-refractivity contribution < 1.29 is 14.0 Å². The average Bonchev–Trinajstić information content (AvgIpc) is 2.99. The van der Waals surface area contributed by atoms with Crippen molar-refractivity contribution in [1.29, 1.82) is 0 Å². The molecule has 5 nitrogen and oxygen atoms in total. The van der Waals surface area contributed by atoms with Crippen molar-refractivity contribution in [2.75, 3.05) is 13.6 Å². The third-order valence-electron chi connectivity index (χ3n) is 3.45. The Kier molecular flexibility index (Phi) is 4.61. The Labute approximate surface area is 118 Å². The molecule has 0 aliphatic heterocycles. The van der Waals surface area contributed by atoms with Crippen LogP contribution in [0.1, 0.15) is 37.2 Å². The van der Waals surface area contributed by atoms with E-state index in [0.717, 1.165) is 5.76 Å². The van der Waals surface area contributed by atoms with Crippen LogP contribution in [0.3, 0.4) is 0 Å². The van der Waals surface area contributed by atoms with E-state index in [1.165, 1.54) is 12.5 Å². The summed E-state index contributed by atoms with van der Waals surface area (Å²) in [4.78, 5) is 22.5. The first-order valence-electron chi connectivity index (χ1n) is 6.86. The van der Waals surface area contributed by atoms with Crippen LogP contribution in [0.15, 0.2) is 22.6 Å². The first kappa shape index (κ1) is 14.4. The molecule has 1 aromatic heterocycles. The molecule has 2 amide bonds.